The summed E-state index contributed by atoms with van der Waals surface area (Å²) in [6.07, 6.45) is 1.03. The van der Waals surface area contributed by atoms with Crippen molar-refractivity contribution in [2.45, 2.75) is 44.2 Å². The van der Waals surface area contributed by atoms with Crippen LogP contribution in [-0.2, 0) is 26.2 Å². The highest BCUT2D eigenvalue weighted by molar-refractivity contribution is 7.92. The lowest BCUT2D eigenvalue weighted by molar-refractivity contribution is -0.140. The highest BCUT2D eigenvalue weighted by Crippen LogP contribution is 2.25. The number of methoxy groups -OCH3 is 1. The molecule has 0 aromatic heterocycles. The quantitative estimate of drug-likeness (QED) is 0.338. The van der Waals surface area contributed by atoms with E-state index in [2.05, 4.69) is 5.32 Å². The summed E-state index contributed by atoms with van der Waals surface area (Å²) in [7, 11) is -2.67. The molecule has 0 aliphatic heterocycles. The molecule has 0 saturated carbocycles. The molecule has 0 heterocycles. The van der Waals surface area contributed by atoms with Gasteiger partial charge in [-0.2, -0.15) is 0 Å². The van der Waals surface area contributed by atoms with E-state index < -0.39 is 34.3 Å². The molecule has 3 aromatic rings. The van der Waals surface area contributed by atoms with Crippen LogP contribution in [0, 0.1) is 5.82 Å². The first kappa shape index (κ1) is 29.6. The van der Waals surface area contributed by atoms with Gasteiger partial charge in [-0.3, -0.25) is 13.9 Å². The molecule has 0 aliphatic carbocycles. The summed E-state index contributed by atoms with van der Waals surface area (Å²) >= 11 is 0. The van der Waals surface area contributed by atoms with Crippen molar-refractivity contribution in [3.63, 3.8) is 0 Å². The largest absolute Gasteiger partial charge is 0.497 e. The van der Waals surface area contributed by atoms with Crippen LogP contribution in [-0.4, -0.2) is 51.4 Å². The smallest absolute Gasteiger partial charge is 0.264 e. The van der Waals surface area contributed by atoms with Gasteiger partial charge in [0.25, 0.3) is 10.0 Å². The van der Waals surface area contributed by atoms with Gasteiger partial charge in [-0.1, -0.05) is 44.2 Å². The van der Waals surface area contributed by atoms with Crippen LogP contribution < -0.4 is 14.4 Å². The monoisotopic (exact) mass is 555 g/mol. The lowest BCUT2D eigenvalue weighted by atomic mass is 10.1. The van der Waals surface area contributed by atoms with Gasteiger partial charge in [0.2, 0.25) is 11.8 Å². The maximum absolute atomic E-state index is 13.9. The average Bonchev–Trinajstić information content (AvgIpc) is 2.95. The fraction of sp³-hybridized carbons (Fsp3) is 0.310. The number of nitrogens with one attached hydrogen (secondary N) is 1. The molecule has 0 spiro atoms. The summed E-state index contributed by atoms with van der Waals surface area (Å²) in [6, 6.07) is 18.8. The number of amides is 2. The summed E-state index contributed by atoms with van der Waals surface area (Å²) < 4.78 is 47.4. The Labute approximate surface area is 229 Å². The number of halogens is 1. The van der Waals surface area contributed by atoms with Crippen molar-refractivity contribution in [2.24, 2.45) is 0 Å². The first-order valence-corrected chi connectivity index (χ1v) is 14.2. The van der Waals surface area contributed by atoms with Crippen molar-refractivity contribution in [2.75, 3.05) is 24.5 Å². The number of sulfonamides is 1. The minimum Gasteiger partial charge on any atom is -0.497 e. The van der Waals surface area contributed by atoms with Crippen molar-refractivity contribution in [3.8, 4) is 5.75 Å². The zero-order valence-electron chi connectivity index (χ0n) is 22.3. The van der Waals surface area contributed by atoms with E-state index in [1.807, 2.05) is 6.92 Å². The lowest BCUT2D eigenvalue weighted by Crippen LogP contribution is -2.52. The third-order valence-corrected chi connectivity index (χ3v) is 7.93. The zero-order chi connectivity index (χ0) is 28.4. The second-order valence-electron chi connectivity index (χ2n) is 8.89. The minimum absolute atomic E-state index is 0.0193. The van der Waals surface area contributed by atoms with Crippen molar-refractivity contribution >= 4 is 27.5 Å². The molecular formula is C29H34FN3O5S. The Kier molecular flexibility index (Phi) is 10.4. The Hall–Kier alpha value is -3.92. The second-order valence-corrected chi connectivity index (χ2v) is 10.8. The fourth-order valence-electron chi connectivity index (χ4n) is 4.11. The average molecular weight is 556 g/mol. The third kappa shape index (κ3) is 7.57. The van der Waals surface area contributed by atoms with Gasteiger partial charge < -0.3 is 15.0 Å². The molecule has 1 atom stereocenters. The molecular weight excluding hydrogens is 521 g/mol. The zero-order valence-corrected chi connectivity index (χ0v) is 23.2. The van der Waals surface area contributed by atoms with Crippen LogP contribution in [0.5, 0.6) is 5.75 Å². The molecule has 0 radical (unpaired) electrons. The van der Waals surface area contributed by atoms with E-state index in [9.17, 15) is 22.4 Å². The maximum atomic E-state index is 13.9. The van der Waals surface area contributed by atoms with Crippen LogP contribution in [0.15, 0.2) is 83.8 Å². The van der Waals surface area contributed by atoms with Crippen molar-refractivity contribution in [3.05, 3.63) is 90.2 Å². The van der Waals surface area contributed by atoms with E-state index in [1.165, 1.54) is 36.3 Å². The first-order chi connectivity index (χ1) is 18.7. The maximum Gasteiger partial charge on any atom is 0.264 e. The second kappa shape index (κ2) is 13.7. The van der Waals surface area contributed by atoms with Crippen molar-refractivity contribution < 1.29 is 27.1 Å². The summed E-state index contributed by atoms with van der Waals surface area (Å²) in [5.41, 5.74) is 0.835. The Morgan fingerprint density at radius 3 is 2.28 bits per heavy atom. The third-order valence-electron chi connectivity index (χ3n) is 6.15. The van der Waals surface area contributed by atoms with E-state index >= 15 is 0 Å². The predicted octanol–water partition coefficient (Wildman–Crippen LogP) is 4.36. The number of carbonyl (C=O) groups excluding carboxylic acids is 2. The number of nitrogens with zero attached hydrogens (tertiary/aromatic N) is 2. The van der Waals surface area contributed by atoms with Crippen LogP contribution in [0.4, 0.5) is 10.1 Å². The van der Waals surface area contributed by atoms with Gasteiger partial charge in [-0.05, 0) is 66.9 Å². The van der Waals surface area contributed by atoms with Crippen LogP contribution in [0.1, 0.15) is 32.3 Å². The van der Waals surface area contributed by atoms with Crippen LogP contribution in [0.3, 0.4) is 0 Å². The normalized spacial score (nSPS) is 11.9. The topological polar surface area (TPSA) is 96.0 Å². The lowest BCUT2D eigenvalue weighted by Gasteiger charge is -2.33. The van der Waals surface area contributed by atoms with Gasteiger partial charge in [0.1, 0.15) is 24.2 Å². The van der Waals surface area contributed by atoms with Crippen molar-refractivity contribution in [1.29, 1.82) is 0 Å². The molecule has 10 heteroatoms. The number of benzene rings is 3. The Morgan fingerprint density at radius 2 is 1.67 bits per heavy atom. The highest BCUT2D eigenvalue weighted by atomic mass is 32.2. The van der Waals surface area contributed by atoms with Gasteiger partial charge in [0, 0.05) is 13.1 Å². The van der Waals surface area contributed by atoms with E-state index in [0.29, 0.717) is 24.3 Å². The van der Waals surface area contributed by atoms with E-state index in [4.69, 9.17) is 4.74 Å². The first-order valence-electron chi connectivity index (χ1n) is 12.7. The van der Waals surface area contributed by atoms with Gasteiger partial charge >= 0.3 is 0 Å². The standard InChI is InChI=1S/C29H34FN3O5S/c1-4-18-31-29(35)27(5-2)32(20-22-10-9-11-25(19-22)38-3)28(34)21-33(24-16-14-23(30)15-17-24)39(36,37)26-12-7-6-8-13-26/h6-17,19,27H,4-5,18,20-21H2,1-3H3,(H,31,35)/t27-/m1/s1. The van der Waals surface area contributed by atoms with Gasteiger partial charge in [-0.25, -0.2) is 12.8 Å². The number of hydrogen-bond donors (Lipinski definition) is 1. The van der Waals surface area contributed by atoms with Crippen LogP contribution in [0.2, 0.25) is 0 Å². The van der Waals surface area contributed by atoms with Crippen LogP contribution in [0.25, 0.3) is 0 Å². The predicted molar refractivity (Wildman–Crippen MR) is 148 cm³/mol. The molecule has 3 rings (SSSR count). The summed E-state index contributed by atoms with van der Waals surface area (Å²) in [4.78, 5) is 28.4. The Morgan fingerprint density at radius 1 is 0.974 bits per heavy atom. The van der Waals surface area contributed by atoms with E-state index in [0.717, 1.165) is 22.9 Å². The minimum atomic E-state index is -4.20. The molecule has 0 unspecified atom stereocenters. The molecule has 208 valence electrons. The molecule has 0 aliphatic rings. The molecule has 0 fully saturated rings. The Balaban J connectivity index is 2.04. The van der Waals surface area contributed by atoms with Crippen LogP contribution >= 0.6 is 0 Å². The molecule has 2 amide bonds. The van der Waals surface area contributed by atoms with Gasteiger partial charge in [-0.15, -0.1) is 0 Å². The van der Waals surface area contributed by atoms with Gasteiger partial charge in [0.15, 0.2) is 0 Å². The summed E-state index contributed by atoms with van der Waals surface area (Å²) in [5, 5.41) is 2.84. The number of ether oxygens (including phenoxy) is 1. The SMILES string of the molecule is CCCNC(=O)[C@@H](CC)N(Cc1cccc(OC)c1)C(=O)CN(c1ccc(F)cc1)S(=O)(=O)c1ccccc1. The molecule has 39 heavy (non-hydrogen) atoms. The highest BCUT2D eigenvalue weighted by Gasteiger charge is 2.33. The number of rotatable bonds is 13. The Bertz CT molecular complexity index is 1350. The van der Waals surface area contributed by atoms with E-state index in [1.54, 1.807) is 49.4 Å². The molecule has 3 aromatic carbocycles. The van der Waals surface area contributed by atoms with Gasteiger partial charge in [0.05, 0.1) is 17.7 Å². The van der Waals surface area contributed by atoms with Crippen molar-refractivity contribution in [1.82, 2.24) is 10.2 Å². The number of carbonyl (C=O) groups is 2. The number of anilines is 1. The molecule has 0 saturated heterocycles. The number of hydrogen-bond acceptors (Lipinski definition) is 5. The summed E-state index contributed by atoms with van der Waals surface area (Å²) in [6.45, 7) is 3.62. The summed E-state index contributed by atoms with van der Waals surface area (Å²) in [5.74, 6) is -0.863. The van der Waals surface area contributed by atoms with E-state index in [-0.39, 0.29) is 23.0 Å². The molecule has 0 bridgehead atoms. The fourth-order valence-corrected chi connectivity index (χ4v) is 5.54. The molecule has 1 N–H and O–H groups in total. The molecule has 8 nitrogen and oxygen atoms in total.